The topological polar surface area (TPSA) is 61.8 Å². The maximum atomic E-state index is 12.8. The molecule has 1 aromatic carbocycles. The third-order valence-electron chi connectivity index (χ3n) is 4.81. The Bertz CT molecular complexity index is 564. The van der Waals surface area contributed by atoms with E-state index in [0.29, 0.717) is 13.0 Å². The van der Waals surface area contributed by atoms with E-state index in [9.17, 15) is 8.63 Å². The first kappa shape index (κ1) is 26.0. The Morgan fingerprint density at radius 2 is 1.52 bits per heavy atom. The second kappa shape index (κ2) is 16.7. The number of methoxy groups -OCH3 is 1. The average Bonchev–Trinajstić information content (AvgIpc) is 2.74. The molecule has 29 heavy (non-hydrogen) atoms. The van der Waals surface area contributed by atoms with Gasteiger partial charge in [0.15, 0.2) is 6.29 Å². The van der Waals surface area contributed by atoms with E-state index in [1.54, 1.807) is 0 Å². The van der Waals surface area contributed by atoms with Crippen molar-refractivity contribution < 1.29 is 22.8 Å². The summed E-state index contributed by atoms with van der Waals surface area (Å²) in [4.78, 5) is 11.6. The summed E-state index contributed by atoms with van der Waals surface area (Å²) in [6.45, 7) is 5.35. The monoisotopic (exact) mass is 474 g/mol. The molecular formula is C23H38O5Se. The van der Waals surface area contributed by atoms with E-state index in [2.05, 4.69) is 0 Å². The van der Waals surface area contributed by atoms with E-state index < -0.39 is 18.6 Å². The first-order chi connectivity index (χ1) is 14.1. The SMILES string of the molecule is CCOC(C)OCCCCCCCCCCC(C(=O)OC)[Se](=O)c1ccccc1. The summed E-state index contributed by atoms with van der Waals surface area (Å²) in [6, 6.07) is 9.31. The molecule has 0 bridgehead atoms. The van der Waals surface area contributed by atoms with Crippen LogP contribution in [0.2, 0.25) is 4.82 Å². The summed E-state index contributed by atoms with van der Waals surface area (Å²) < 4.78 is 29.4. The molecule has 6 heteroatoms. The number of hydrogen-bond donors (Lipinski definition) is 0. The van der Waals surface area contributed by atoms with E-state index in [0.717, 1.165) is 36.8 Å². The van der Waals surface area contributed by atoms with Crippen LogP contribution in [0.25, 0.3) is 0 Å². The van der Waals surface area contributed by atoms with Crippen molar-refractivity contribution in [3.63, 3.8) is 0 Å². The van der Waals surface area contributed by atoms with Crippen LogP contribution in [0, 0.1) is 0 Å². The van der Waals surface area contributed by atoms with Crippen LogP contribution in [0.1, 0.15) is 71.6 Å². The molecule has 0 amide bonds. The summed E-state index contributed by atoms with van der Waals surface area (Å²) in [5.41, 5.74) is 0. The predicted molar refractivity (Wildman–Crippen MR) is 117 cm³/mol. The van der Waals surface area contributed by atoms with Gasteiger partial charge in [-0.25, -0.2) is 0 Å². The third-order valence-corrected chi connectivity index (χ3v) is 8.34. The fourth-order valence-electron chi connectivity index (χ4n) is 3.19. The van der Waals surface area contributed by atoms with E-state index >= 15 is 0 Å². The van der Waals surface area contributed by atoms with Crippen molar-refractivity contribution in [1.82, 2.24) is 0 Å². The van der Waals surface area contributed by atoms with Crippen LogP contribution in [0.3, 0.4) is 0 Å². The molecule has 0 saturated carbocycles. The summed E-state index contributed by atoms with van der Waals surface area (Å²) in [7, 11) is 1.38. The molecule has 0 aromatic heterocycles. The van der Waals surface area contributed by atoms with Gasteiger partial charge in [-0.15, -0.1) is 0 Å². The Labute approximate surface area is 180 Å². The van der Waals surface area contributed by atoms with Gasteiger partial charge in [-0.1, -0.05) is 0 Å². The van der Waals surface area contributed by atoms with Gasteiger partial charge in [-0.3, -0.25) is 0 Å². The van der Waals surface area contributed by atoms with Gasteiger partial charge in [0.05, 0.1) is 0 Å². The maximum absolute atomic E-state index is 12.8. The molecule has 0 N–H and O–H groups in total. The normalized spacial score (nSPS) is 14.3. The van der Waals surface area contributed by atoms with E-state index in [1.807, 2.05) is 44.2 Å². The van der Waals surface area contributed by atoms with Crippen LogP contribution in [0.15, 0.2) is 30.3 Å². The Morgan fingerprint density at radius 3 is 2.10 bits per heavy atom. The number of carbonyl (C=O) groups excluding carboxylic acids is 1. The van der Waals surface area contributed by atoms with E-state index in [-0.39, 0.29) is 12.3 Å². The second-order valence-electron chi connectivity index (χ2n) is 7.13. The first-order valence-corrected chi connectivity index (χ1v) is 13.4. The summed E-state index contributed by atoms with van der Waals surface area (Å²) in [6.07, 6.45) is 9.58. The van der Waals surface area contributed by atoms with Crippen molar-refractivity contribution in [3.8, 4) is 0 Å². The van der Waals surface area contributed by atoms with Gasteiger partial charge in [0, 0.05) is 6.61 Å². The van der Waals surface area contributed by atoms with Crippen molar-refractivity contribution >= 4 is 24.3 Å². The standard InChI is InChI=1S/C23H38O5Se/c1-4-27-20(2)28-19-15-10-8-6-5-7-9-14-18-22(23(24)26-3)29(25)21-16-12-11-13-17-21/h11-13,16-17,20,22H,4-10,14-15,18-19H2,1-3H3. The van der Waals surface area contributed by atoms with E-state index in [1.165, 1.54) is 32.8 Å². The quantitative estimate of drug-likeness (QED) is 0.141. The van der Waals surface area contributed by atoms with Crippen LogP contribution in [-0.4, -0.2) is 46.4 Å². The molecule has 0 saturated heterocycles. The Morgan fingerprint density at radius 1 is 0.931 bits per heavy atom. The molecule has 0 aliphatic carbocycles. The van der Waals surface area contributed by atoms with Crippen molar-refractivity contribution in [3.05, 3.63) is 30.3 Å². The number of esters is 1. The summed E-state index contributed by atoms with van der Waals surface area (Å²) in [5.74, 6) is -0.338. The zero-order valence-corrected chi connectivity index (χ0v) is 20.0. The van der Waals surface area contributed by atoms with Gasteiger partial charge in [0.2, 0.25) is 0 Å². The van der Waals surface area contributed by atoms with Crippen LogP contribution >= 0.6 is 0 Å². The van der Waals surface area contributed by atoms with Crippen LogP contribution in [-0.2, 0) is 22.8 Å². The molecule has 1 aromatic rings. The molecule has 3 atom stereocenters. The van der Waals surface area contributed by atoms with Gasteiger partial charge >= 0.3 is 149 Å². The van der Waals surface area contributed by atoms with E-state index in [4.69, 9.17) is 14.2 Å². The molecule has 1 rings (SSSR count). The number of benzene rings is 1. The van der Waals surface area contributed by atoms with Gasteiger partial charge in [0.25, 0.3) is 0 Å². The number of hydrogen-bond acceptors (Lipinski definition) is 5. The molecular weight excluding hydrogens is 435 g/mol. The molecule has 0 fully saturated rings. The fourth-order valence-corrected chi connectivity index (χ4v) is 6.14. The summed E-state index contributed by atoms with van der Waals surface area (Å²) in [5, 5.41) is 0. The van der Waals surface area contributed by atoms with Gasteiger partial charge in [-0.05, 0) is 13.8 Å². The zero-order chi connectivity index (χ0) is 21.3. The van der Waals surface area contributed by atoms with Crippen molar-refractivity contribution in [2.75, 3.05) is 20.3 Å². The van der Waals surface area contributed by atoms with Crippen molar-refractivity contribution in [2.45, 2.75) is 82.7 Å². The average molecular weight is 474 g/mol. The zero-order valence-electron chi connectivity index (χ0n) is 18.3. The third kappa shape index (κ3) is 11.6. The minimum atomic E-state index is -2.44. The minimum absolute atomic E-state index is 0.104. The van der Waals surface area contributed by atoms with Gasteiger partial charge in [-0.2, -0.15) is 0 Å². The molecule has 3 unspecified atom stereocenters. The number of rotatable bonds is 17. The second-order valence-corrected chi connectivity index (χ2v) is 10.6. The summed E-state index contributed by atoms with van der Waals surface area (Å²) >= 11 is -2.44. The van der Waals surface area contributed by atoms with Crippen LogP contribution in [0.4, 0.5) is 0 Å². The Balaban J connectivity index is 2.12. The molecule has 0 aliphatic heterocycles. The number of ether oxygens (including phenoxy) is 3. The van der Waals surface area contributed by atoms with Crippen LogP contribution < -0.4 is 4.46 Å². The fraction of sp³-hybridized carbons (Fsp3) is 0.696. The molecule has 166 valence electrons. The molecule has 5 nitrogen and oxygen atoms in total. The molecule has 0 radical (unpaired) electrons. The van der Waals surface area contributed by atoms with Crippen molar-refractivity contribution in [1.29, 1.82) is 0 Å². The Kier molecular flexibility index (Phi) is 14.9. The first-order valence-electron chi connectivity index (χ1n) is 10.9. The van der Waals surface area contributed by atoms with Gasteiger partial charge in [0.1, 0.15) is 0 Å². The van der Waals surface area contributed by atoms with Gasteiger partial charge < -0.3 is 4.74 Å². The number of unbranched alkanes of at least 4 members (excludes halogenated alkanes) is 7. The molecule has 0 heterocycles. The van der Waals surface area contributed by atoms with Crippen molar-refractivity contribution in [2.24, 2.45) is 0 Å². The van der Waals surface area contributed by atoms with Crippen LogP contribution in [0.5, 0.6) is 0 Å². The Hall–Kier alpha value is -1.07. The predicted octanol–water partition coefficient (Wildman–Crippen LogP) is 4.77. The number of carbonyl (C=O) groups is 1. The molecule has 0 spiro atoms. The molecule has 0 aliphatic rings.